The molecule has 2 aromatic rings. The Bertz CT molecular complexity index is 536. The topological polar surface area (TPSA) is 92.4 Å². The number of amides is 1. The summed E-state index contributed by atoms with van der Waals surface area (Å²) >= 11 is 0. The van der Waals surface area contributed by atoms with E-state index in [1.54, 1.807) is 30.3 Å². The fraction of sp³-hybridized carbons (Fsp3) is 0.0833. The number of aromatic nitrogens is 1. The number of benzene rings is 1. The van der Waals surface area contributed by atoms with E-state index in [9.17, 15) is 9.59 Å². The van der Waals surface area contributed by atoms with E-state index >= 15 is 0 Å². The van der Waals surface area contributed by atoms with Crippen LogP contribution in [0.1, 0.15) is 22.2 Å². The van der Waals surface area contributed by atoms with Crippen molar-refractivity contribution in [3.8, 4) is 0 Å². The average Bonchev–Trinajstić information content (AvgIpc) is 2.90. The van der Waals surface area contributed by atoms with Crippen LogP contribution in [0.5, 0.6) is 0 Å². The van der Waals surface area contributed by atoms with Gasteiger partial charge < -0.3 is 14.8 Å². The summed E-state index contributed by atoms with van der Waals surface area (Å²) in [4.78, 5) is 26.4. The molecule has 2 rings (SSSR count). The summed E-state index contributed by atoms with van der Waals surface area (Å²) in [5.41, 5.74) is 0.484. The molecular weight excluding hydrogens is 236 g/mol. The number of carboxylic acids is 1. The van der Waals surface area contributed by atoms with Crippen LogP contribution in [0.3, 0.4) is 0 Å². The lowest BCUT2D eigenvalue weighted by Gasteiger charge is -2.13. The molecule has 0 saturated heterocycles. The highest BCUT2D eigenvalue weighted by Crippen LogP contribution is 2.13. The molecule has 6 heteroatoms. The Balaban J connectivity index is 2.18. The summed E-state index contributed by atoms with van der Waals surface area (Å²) in [5, 5.41) is 11.5. The van der Waals surface area contributed by atoms with Gasteiger partial charge in [-0.05, 0) is 5.56 Å². The first-order valence-electron chi connectivity index (χ1n) is 5.15. The molecule has 18 heavy (non-hydrogen) atoms. The molecule has 0 aliphatic heterocycles. The minimum Gasteiger partial charge on any atom is -0.479 e. The Morgan fingerprint density at radius 1 is 1.28 bits per heavy atom. The van der Waals surface area contributed by atoms with Crippen LogP contribution in [-0.4, -0.2) is 22.0 Å². The first-order valence-corrected chi connectivity index (χ1v) is 5.15. The van der Waals surface area contributed by atoms with E-state index in [2.05, 4.69) is 10.3 Å². The van der Waals surface area contributed by atoms with Crippen LogP contribution in [-0.2, 0) is 4.79 Å². The molecule has 0 aliphatic rings. The SMILES string of the molecule is O=C(NC(C(=O)O)c1ccccc1)c1cnco1. The van der Waals surface area contributed by atoms with Gasteiger partial charge in [-0.2, -0.15) is 0 Å². The van der Waals surface area contributed by atoms with Crippen molar-refractivity contribution in [3.63, 3.8) is 0 Å². The number of hydrogen-bond acceptors (Lipinski definition) is 4. The minimum absolute atomic E-state index is 0.0304. The average molecular weight is 246 g/mol. The van der Waals surface area contributed by atoms with Crippen LogP contribution < -0.4 is 5.32 Å². The number of carbonyl (C=O) groups is 2. The Hall–Kier alpha value is -2.63. The quantitative estimate of drug-likeness (QED) is 0.846. The first kappa shape index (κ1) is 11.8. The summed E-state index contributed by atoms with van der Waals surface area (Å²) in [6, 6.07) is 7.29. The summed E-state index contributed by atoms with van der Waals surface area (Å²) in [7, 11) is 0. The second-order valence-electron chi connectivity index (χ2n) is 3.52. The van der Waals surface area contributed by atoms with Crippen LogP contribution in [0.4, 0.5) is 0 Å². The molecule has 0 saturated carbocycles. The molecule has 6 nitrogen and oxygen atoms in total. The second-order valence-corrected chi connectivity index (χ2v) is 3.52. The van der Waals surface area contributed by atoms with Crippen molar-refractivity contribution in [1.82, 2.24) is 10.3 Å². The predicted octanol–water partition coefficient (Wildman–Crippen LogP) is 1.23. The molecule has 92 valence electrons. The molecule has 1 heterocycles. The molecule has 1 aromatic heterocycles. The summed E-state index contributed by atoms with van der Waals surface area (Å²) in [6.07, 6.45) is 2.33. The van der Waals surface area contributed by atoms with Crippen LogP contribution in [0.25, 0.3) is 0 Å². The lowest BCUT2D eigenvalue weighted by atomic mass is 10.1. The van der Waals surface area contributed by atoms with Crippen molar-refractivity contribution in [2.45, 2.75) is 6.04 Å². The van der Waals surface area contributed by atoms with Crippen molar-refractivity contribution in [2.75, 3.05) is 0 Å². The van der Waals surface area contributed by atoms with Gasteiger partial charge in [0, 0.05) is 0 Å². The normalized spacial score (nSPS) is 11.8. The first-order chi connectivity index (χ1) is 8.68. The van der Waals surface area contributed by atoms with Crippen molar-refractivity contribution >= 4 is 11.9 Å². The van der Waals surface area contributed by atoms with Gasteiger partial charge in [0.25, 0.3) is 5.91 Å². The van der Waals surface area contributed by atoms with Crippen LogP contribution in [0, 0.1) is 0 Å². The number of nitrogens with zero attached hydrogens (tertiary/aromatic N) is 1. The molecule has 2 N–H and O–H groups in total. The Morgan fingerprint density at radius 2 is 2.00 bits per heavy atom. The third-order valence-corrected chi connectivity index (χ3v) is 2.31. The van der Waals surface area contributed by atoms with E-state index in [0.717, 1.165) is 6.39 Å². The molecule has 1 aromatic carbocycles. The van der Waals surface area contributed by atoms with E-state index < -0.39 is 17.9 Å². The highest BCUT2D eigenvalue weighted by Gasteiger charge is 2.23. The zero-order valence-electron chi connectivity index (χ0n) is 9.24. The molecule has 0 spiro atoms. The fourth-order valence-electron chi connectivity index (χ4n) is 1.46. The number of hydrogen-bond donors (Lipinski definition) is 2. The summed E-state index contributed by atoms with van der Waals surface area (Å²) in [6.45, 7) is 0. The zero-order chi connectivity index (χ0) is 13.0. The third-order valence-electron chi connectivity index (χ3n) is 2.31. The molecule has 1 amide bonds. The number of carbonyl (C=O) groups excluding carboxylic acids is 1. The van der Waals surface area contributed by atoms with Crippen LogP contribution in [0.2, 0.25) is 0 Å². The maximum absolute atomic E-state index is 11.7. The van der Waals surface area contributed by atoms with E-state index in [1.807, 2.05) is 0 Å². The van der Waals surface area contributed by atoms with Crippen molar-refractivity contribution < 1.29 is 19.1 Å². The number of aliphatic carboxylic acids is 1. The van der Waals surface area contributed by atoms with Gasteiger partial charge in [0.1, 0.15) is 0 Å². The van der Waals surface area contributed by atoms with Crippen molar-refractivity contribution in [3.05, 3.63) is 54.2 Å². The fourth-order valence-corrected chi connectivity index (χ4v) is 1.46. The molecule has 1 atom stereocenters. The van der Waals surface area contributed by atoms with Gasteiger partial charge in [-0.3, -0.25) is 4.79 Å². The highest BCUT2D eigenvalue weighted by molar-refractivity contribution is 5.94. The Morgan fingerprint density at radius 3 is 2.56 bits per heavy atom. The van der Waals surface area contributed by atoms with Gasteiger partial charge in [0.2, 0.25) is 5.76 Å². The van der Waals surface area contributed by atoms with Gasteiger partial charge >= 0.3 is 5.97 Å². The largest absolute Gasteiger partial charge is 0.479 e. The second kappa shape index (κ2) is 5.13. The van der Waals surface area contributed by atoms with E-state index in [4.69, 9.17) is 9.52 Å². The number of oxazole rings is 1. The number of carboxylic acid groups (broad SMARTS) is 1. The van der Waals surface area contributed by atoms with Gasteiger partial charge in [-0.1, -0.05) is 30.3 Å². The number of nitrogens with one attached hydrogen (secondary N) is 1. The smallest absolute Gasteiger partial charge is 0.330 e. The van der Waals surface area contributed by atoms with Crippen molar-refractivity contribution in [2.24, 2.45) is 0 Å². The molecular formula is C12H10N2O4. The molecule has 0 bridgehead atoms. The van der Waals surface area contributed by atoms with Gasteiger partial charge in [0.15, 0.2) is 12.4 Å². The Kier molecular flexibility index (Phi) is 3.38. The van der Waals surface area contributed by atoms with Gasteiger partial charge in [0.05, 0.1) is 6.20 Å². The van der Waals surface area contributed by atoms with E-state index in [-0.39, 0.29) is 5.76 Å². The number of rotatable bonds is 4. The molecule has 1 unspecified atom stereocenters. The summed E-state index contributed by atoms with van der Waals surface area (Å²) < 4.78 is 4.80. The maximum Gasteiger partial charge on any atom is 0.330 e. The standard InChI is InChI=1S/C12H10N2O4/c15-11(9-6-13-7-18-9)14-10(12(16)17)8-4-2-1-3-5-8/h1-7,10H,(H,14,15)(H,16,17). The van der Waals surface area contributed by atoms with E-state index in [1.165, 1.54) is 6.20 Å². The van der Waals surface area contributed by atoms with Gasteiger partial charge in [-0.15, -0.1) is 0 Å². The maximum atomic E-state index is 11.7. The van der Waals surface area contributed by atoms with Gasteiger partial charge in [-0.25, -0.2) is 9.78 Å². The lowest BCUT2D eigenvalue weighted by Crippen LogP contribution is -2.33. The predicted molar refractivity (Wildman–Crippen MR) is 60.8 cm³/mol. The highest BCUT2D eigenvalue weighted by atomic mass is 16.4. The van der Waals surface area contributed by atoms with Crippen molar-refractivity contribution in [1.29, 1.82) is 0 Å². The lowest BCUT2D eigenvalue weighted by molar-refractivity contribution is -0.139. The third kappa shape index (κ3) is 2.54. The molecule has 0 radical (unpaired) electrons. The molecule has 0 aliphatic carbocycles. The zero-order valence-corrected chi connectivity index (χ0v) is 9.24. The minimum atomic E-state index is -1.14. The Labute approximate surface area is 102 Å². The van der Waals surface area contributed by atoms with Crippen LogP contribution >= 0.6 is 0 Å². The molecule has 0 fully saturated rings. The van der Waals surface area contributed by atoms with E-state index in [0.29, 0.717) is 5.56 Å². The monoisotopic (exact) mass is 246 g/mol. The van der Waals surface area contributed by atoms with Crippen LogP contribution in [0.15, 0.2) is 47.3 Å². The summed E-state index contributed by atoms with van der Waals surface area (Å²) in [5.74, 6) is -1.80.